The van der Waals surface area contributed by atoms with Crippen LogP contribution in [-0.4, -0.2) is 17.0 Å². The van der Waals surface area contributed by atoms with Crippen molar-refractivity contribution in [2.45, 2.75) is 6.61 Å². The van der Waals surface area contributed by atoms with Crippen LogP contribution in [0.2, 0.25) is 0 Å². The lowest BCUT2D eigenvalue weighted by Crippen LogP contribution is -2.31. The number of carbonyl (C=O) groups excluding carboxylic acids is 1. The van der Waals surface area contributed by atoms with E-state index in [1.54, 1.807) is 66.7 Å². The maximum absolute atomic E-state index is 13.4. The Morgan fingerprint density at radius 2 is 1.59 bits per heavy atom. The van der Waals surface area contributed by atoms with Gasteiger partial charge in [0, 0.05) is 5.56 Å². The summed E-state index contributed by atoms with van der Waals surface area (Å²) >= 11 is 1.01. The molecule has 0 saturated carbocycles. The summed E-state index contributed by atoms with van der Waals surface area (Å²) in [6.45, 7) is -2.94. The van der Waals surface area contributed by atoms with Crippen molar-refractivity contribution in [2.75, 3.05) is 0 Å². The number of thiazole rings is 1. The van der Waals surface area contributed by atoms with Gasteiger partial charge in [-0.2, -0.15) is 14.0 Å². The van der Waals surface area contributed by atoms with Gasteiger partial charge in [0.05, 0.1) is 10.2 Å². The van der Waals surface area contributed by atoms with E-state index in [1.165, 1.54) is 28.8 Å². The number of nitriles is 1. The molecule has 5 nitrogen and oxygen atoms in total. The van der Waals surface area contributed by atoms with Gasteiger partial charge in [0.2, 0.25) is 5.78 Å². The highest BCUT2D eigenvalue weighted by Crippen LogP contribution is 2.15. The van der Waals surface area contributed by atoms with Crippen LogP contribution >= 0.6 is 11.3 Å². The number of aromatic nitrogens is 1. The first-order valence-corrected chi connectivity index (χ1v) is 10.9. The van der Waals surface area contributed by atoms with Crippen molar-refractivity contribution in [3.8, 4) is 17.5 Å². The van der Waals surface area contributed by atoms with Crippen LogP contribution in [0.1, 0.15) is 15.9 Å². The van der Waals surface area contributed by atoms with Crippen molar-refractivity contribution in [2.24, 2.45) is 0 Å². The predicted octanol–water partition coefficient (Wildman–Crippen LogP) is 3.89. The molecule has 168 valence electrons. The third-order valence-corrected chi connectivity index (χ3v) is 5.92. The van der Waals surface area contributed by atoms with Crippen molar-refractivity contribution < 1.29 is 18.3 Å². The Bertz CT molecular complexity index is 1540. The molecule has 1 heterocycles. The van der Waals surface area contributed by atoms with Gasteiger partial charge in [-0.15, -0.1) is 11.3 Å². The Kier molecular flexibility index (Phi) is 6.76. The zero-order valence-electron chi connectivity index (χ0n) is 17.5. The molecule has 4 rings (SSSR count). The second-order valence-corrected chi connectivity index (χ2v) is 8.05. The lowest BCUT2D eigenvalue weighted by Gasteiger charge is -2.03. The fraction of sp³-hybridized carbons (Fsp3) is 0.0385. The molecule has 0 aliphatic carbocycles. The van der Waals surface area contributed by atoms with Crippen LogP contribution < -0.4 is 19.5 Å². The highest BCUT2D eigenvalue weighted by Gasteiger charge is 2.18. The maximum atomic E-state index is 13.4. The van der Waals surface area contributed by atoms with E-state index < -0.39 is 18.0 Å². The van der Waals surface area contributed by atoms with Crippen LogP contribution in [0.15, 0.2) is 89.7 Å². The van der Waals surface area contributed by atoms with E-state index in [-0.39, 0.29) is 20.5 Å². The molecular formula is C26H16F2N2O3S. The molecular weight excluding hydrogens is 458 g/mol. The number of nitrogens with zero attached hydrogens (tertiary/aromatic N) is 2. The summed E-state index contributed by atoms with van der Waals surface area (Å²) in [5.41, 5.74) is 0.845. The molecule has 0 spiro atoms. The monoisotopic (exact) mass is 474 g/mol. The van der Waals surface area contributed by atoms with E-state index in [4.69, 9.17) is 0 Å². The van der Waals surface area contributed by atoms with Gasteiger partial charge in [0.15, 0.2) is 0 Å². The Hall–Kier alpha value is -4.35. The number of para-hydroxylation sites is 1. The van der Waals surface area contributed by atoms with Gasteiger partial charge < -0.3 is 4.74 Å². The van der Waals surface area contributed by atoms with E-state index >= 15 is 0 Å². The van der Waals surface area contributed by atoms with Gasteiger partial charge in [-0.05, 0) is 35.9 Å². The maximum Gasteiger partial charge on any atom is 0.387 e. The van der Waals surface area contributed by atoms with Crippen LogP contribution in [-0.2, 0) is 0 Å². The molecule has 3 aromatic carbocycles. The second kappa shape index (κ2) is 10.1. The Labute approximate surface area is 196 Å². The van der Waals surface area contributed by atoms with Gasteiger partial charge in [-0.25, -0.2) is 0 Å². The molecule has 0 aliphatic heterocycles. The number of hydrogen-bond donors (Lipinski definition) is 0. The summed E-state index contributed by atoms with van der Waals surface area (Å²) in [5.74, 6) is -0.497. The molecule has 0 bridgehead atoms. The number of ketones is 1. The molecule has 34 heavy (non-hydrogen) atoms. The number of alkyl halides is 2. The first-order valence-electron chi connectivity index (χ1n) is 10.1. The lowest BCUT2D eigenvalue weighted by atomic mass is 10.1. The number of Topliss-reactive ketones (excluding diaryl/α,β-unsaturated/α-hetero) is 1. The van der Waals surface area contributed by atoms with Crippen LogP contribution in [0, 0.1) is 11.3 Å². The molecule has 1 aromatic heterocycles. The molecule has 0 atom stereocenters. The Morgan fingerprint density at radius 1 is 0.971 bits per heavy atom. The summed E-state index contributed by atoms with van der Waals surface area (Å²) in [6, 6.07) is 24.9. The zero-order chi connectivity index (χ0) is 24.1. The molecule has 0 saturated heterocycles. The Morgan fingerprint density at radius 3 is 2.18 bits per heavy atom. The third kappa shape index (κ3) is 4.85. The molecule has 0 aliphatic rings. The molecule has 4 aromatic rings. The summed E-state index contributed by atoms with van der Waals surface area (Å²) in [7, 11) is 0. The minimum Gasteiger partial charge on any atom is -0.435 e. The second-order valence-electron chi connectivity index (χ2n) is 7.02. The van der Waals surface area contributed by atoms with Crippen molar-refractivity contribution in [3.05, 3.63) is 116 Å². The molecule has 0 unspecified atom stereocenters. The van der Waals surface area contributed by atoms with Crippen LogP contribution in [0.3, 0.4) is 0 Å². The molecule has 0 fully saturated rings. The highest BCUT2D eigenvalue weighted by atomic mass is 32.1. The molecule has 8 heteroatoms. The quantitative estimate of drug-likeness (QED) is 0.398. The SMILES string of the molecule is N#C/C(C(=O)c1ccccc1)=c1/s/c(=C\c2ccc(OC(F)F)cc2)c(=O)n1-c1ccccc1. The fourth-order valence-corrected chi connectivity index (χ4v) is 4.39. The summed E-state index contributed by atoms with van der Waals surface area (Å²) in [4.78, 5) is 26.5. The van der Waals surface area contributed by atoms with Crippen molar-refractivity contribution in [1.29, 1.82) is 5.26 Å². The standard InChI is InChI=1S/C26H16F2N2O3S/c27-26(28)33-20-13-11-17(12-14-20)15-22-24(32)30(19-9-5-2-6-10-19)25(34-22)21(16-29)23(31)18-7-3-1-4-8-18/h1-15,26H/b22-15-,25-21-. The molecule has 0 N–H and O–H groups in total. The number of halogens is 2. The number of ether oxygens (including phenoxy) is 1. The summed E-state index contributed by atoms with van der Waals surface area (Å²) in [5, 5.41) is 9.87. The highest BCUT2D eigenvalue weighted by molar-refractivity contribution is 7.07. The lowest BCUT2D eigenvalue weighted by molar-refractivity contribution is -0.0498. The van der Waals surface area contributed by atoms with Gasteiger partial charge in [0.1, 0.15) is 22.1 Å². The van der Waals surface area contributed by atoms with Crippen LogP contribution in [0.25, 0.3) is 17.3 Å². The van der Waals surface area contributed by atoms with E-state index in [2.05, 4.69) is 4.74 Å². The summed E-state index contributed by atoms with van der Waals surface area (Å²) in [6.07, 6.45) is 1.57. The number of rotatable bonds is 6. The van der Waals surface area contributed by atoms with Crippen LogP contribution in [0.4, 0.5) is 8.78 Å². The topological polar surface area (TPSA) is 72.1 Å². The number of benzene rings is 3. The third-order valence-electron chi connectivity index (χ3n) is 4.83. The van der Waals surface area contributed by atoms with E-state index in [0.29, 0.717) is 16.8 Å². The average molecular weight is 474 g/mol. The largest absolute Gasteiger partial charge is 0.435 e. The smallest absolute Gasteiger partial charge is 0.387 e. The zero-order valence-corrected chi connectivity index (χ0v) is 18.3. The number of hydrogen-bond acceptors (Lipinski definition) is 5. The van der Waals surface area contributed by atoms with E-state index in [0.717, 1.165) is 11.3 Å². The van der Waals surface area contributed by atoms with Gasteiger partial charge in [-0.1, -0.05) is 60.7 Å². The molecule has 0 radical (unpaired) electrons. The van der Waals surface area contributed by atoms with Crippen molar-refractivity contribution in [3.63, 3.8) is 0 Å². The number of carbonyl (C=O) groups is 1. The molecule has 0 amide bonds. The first kappa shape index (κ1) is 22.8. The summed E-state index contributed by atoms with van der Waals surface area (Å²) < 4.78 is 31.0. The van der Waals surface area contributed by atoms with E-state index in [9.17, 15) is 23.6 Å². The van der Waals surface area contributed by atoms with Gasteiger partial charge >= 0.3 is 6.61 Å². The predicted molar refractivity (Wildman–Crippen MR) is 126 cm³/mol. The average Bonchev–Trinajstić information content (AvgIpc) is 3.17. The minimum absolute atomic E-state index is 0.00530. The Balaban J connectivity index is 1.94. The van der Waals surface area contributed by atoms with Crippen molar-refractivity contribution >= 4 is 28.8 Å². The van der Waals surface area contributed by atoms with Crippen LogP contribution in [0.5, 0.6) is 5.75 Å². The van der Waals surface area contributed by atoms with E-state index in [1.807, 2.05) is 6.07 Å². The fourth-order valence-electron chi connectivity index (χ4n) is 3.29. The first-order chi connectivity index (χ1) is 16.5. The van der Waals surface area contributed by atoms with Crippen molar-refractivity contribution in [1.82, 2.24) is 4.57 Å². The van der Waals surface area contributed by atoms with Gasteiger partial charge in [-0.3, -0.25) is 14.2 Å². The van der Waals surface area contributed by atoms with Gasteiger partial charge in [0.25, 0.3) is 5.56 Å². The minimum atomic E-state index is -2.94. The normalized spacial score (nSPS) is 12.4.